The SMILES string of the molecule is O=S(=O)(c1cccc2ccccc12)c1nn(Cc2ccccc2)c2ccccc12. The molecular formula is C24H18N2O2S. The maximum absolute atomic E-state index is 13.7. The number of sulfone groups is 1. The Labute approximate surface area is 169 Å². The summed E-state index contributed by atoms with van der Waals surface area (Å²) in [4.78, 5) is 0.283. The highest BCUT2D eigenvalue weighted by atomic mass is 32.2. The van der Waals surface area contributed by atoms with Crippen LogP contribution in [0, 0.1) is 0 Å². The molecule has 5 aromatic rings. The van der Waals surface area contributed by atoms with Crippen LogP contribution in [-0.2, 0) is 16.4 Å². The highest BCUT2D eigenvalue weighted by molar-refractivity contribution is 7.91. The molecule has 5 rings (SSSR count). The second kappa shape index (κ2) is 6.87. The summed E-state index contributed by atoms with van der Waals surface area (Å²) in [7, 11) is -3.80. The van der Waals surface area contributed by atoms with Gasteiger partial charge in [-0.3, -0.25) is 4.68 Å². The molecule has 0 aliphatic rings. The monoisotopic (exact) mass is 398 g/mol. The van der Waals surface area contributed by atoms with Gasteiger partial charge in [0.1, 0.15) is 0 Å². The van der Waals surface area contributed by atoms with Crippen molar-refractivity contribution in [3.05, 3.63) is 103 Å². The van der Waals surface area contributed by atoms with Gasteiger partial charge in [0, 0.05) is 10.8 Å². The van der Waals surface area contributed by atoms with Crippen molar-refractivity contribution in [1.29, 1.82) is 0 Å². The molecule has 0 N–H and O–H groups in total. The average molecular weight is 398 g/mol. The Kier molecular flexibility index (Phi) is 4.18. The topological polar surface area (TPSA) is 52.0 Å². The van der Waals surface area contributed by atoms with Crippen molar-refractivity contribution in [2.75, 3.05) is 0 Å². The number of hydrogen-bond acceptors (Lipinski definition) is 3. The van der Waals surface area contributed by atoms with Crippen LogP contribution in [-0.4, -0.2) is 18.2 Å². The molecule has 29 heavy (non-hydrogen) atoms. The van der Waals surface area contributed by atoms with Crippen molar-refractivity contribution >= 4 is 31.5 Å². The molecule has 0 atom stereocenters. The van der Waals surface area contributed by atoms with Gasteiger partial charge in [0.2, 0.25) is 9.84 Å². The Morgan fingerprint density at radius 2 is 1.34 bits per heavy atom. The van der Waals surface area contributed by atoms with Crippen molar-refractivity contribution in [3.8, 4) is 0 Å². The zero-order chi connectivity index (χ0) is 19.8. The molecule has 1 heterocycles. The molecule has 0 radical (unpaired) electrons. The lowest BCUT2D eigenvalue weighted by molar-refractivity contribution is 0.587. The summed E-state index contributed by atoms with van der Waals surface area (Å²) in [6.45, 7) is 0.506. The van der Waals surface area contributed by atoms with Crippen molar-refractivity contribution in [3.63, 3.8) is 0 Å². The number of para-hydroxylation sites is 1. The van der Waals surface area contributed by atoms with Crippen LogP contribution in [0.25, 0.3) is 21.7 Å². The van der Waals surface area contributed by atoms with E-state index in [1.807, 2.05) is 84.9 Å². The molecule has 0 spiro atoms. The van der Waals surface area contributed by atoms with Gasteiger partial charge in [-0.15, -0.1) is 0 Å². The van der Waals surface area contributed by atoms with Crippen molar-refractivity contribution in [1.82, 2.24) is 9.78 Å². The van der Waals surface area contributed by atoms with Gasteiger partial charge in [-0.25, -0.2) is 8.42 Å². The third-order valence-corrected chi connectivity index (χ3v) is 6.84. The van der Waals surface area contributed by atoms with Crippen molar-refractivity contribution in [2.24, 2.45) is 0 Å². The Hall–Kier alpha value is -3.44. The van der Waals surface area contributed by atoms with Gasteiger partial charge in [-0.1, -0.05) is 78.9 Å². The quantitative estimate of drug-likeness (QED) is 0.425. The Balaban J connectivity index is 1.72. The van der Waals surface area contributed by atoms with E-state index in [0.717, 1.165) is 16.5 Å². The number of aromatic nitrogens is 2. The highest BCUT2D eigenvalue weighted by Crippen LogP contribution is 2.32. The minimum Gasteiger partial charge on any atom is -0.259 e. The summed E-state index contributed by atoms with van der Waals surface area (Å²) in [6.07, 6.45) is 0. The standard InChI is InChI=1S/C24H18N2O2S/c27-29(28,23-16-8-12-19-11-4-5-13-20(19)23)24-21-14-6-7-15-22(21)26(25-24)17-18-9-2-1-3-10-18/h1-16H,17H2. The molecule has 0 saturated carbocycles. The van der Waals surface area contributed by atoms with Crippen LogP contribution in [0.1, 0.15) is 5.56 Å². The van der Waals surface area contributed by atoms with Crippen LogP contribution in [0.3, 0.4) is 0 Å². The first-order valence-corrected chi connectivity index (χ1v) is 10.9. The summed E-state index contributed by atoms with van der Waals surface area (Å²) < 4.78 is 29.1. The molecule has 0 amide bonds. The van der Waals surface area contributed by atoms with Crippen LogP contribution in [0.2, 0.25) is 0 Å². The van der Waals surface area contributed by atoms with Gasteiger partial charge in [-0.2, -0.15) is 5.10 Å². The zero-order valence-electron chi connectivity index (χ0n) is 15.6. The second-order valence-corrected chi connectivity index (χ2v) is 8.78. The molecule has 0 fully saturated rings. The fourth-order valence-corrected chi connectivity index (χ4v) is 5.32. The number of fused-ring (bicyclic) bond motifs is 2. The van der Waals surface area contributed by atoms with Crippen LogP contribution in [0.5, 0.6) is 0 Å². The molecule has 1 aromatic heterocycles. The molecule has 4 nitrogen and oxygen atoms in total. The summed E-state index contributed by atoms with van der Waals surface area (Å²) in [5, 5.41) is 6.90. The van der Waals surface area contributed by atoms with E-state index >= 15 is 0 Å². The lowest BCUT2D eigenvalue weighted by Gasteiger charge is -2.06. The van der Waals surface area contributed by atoms with E-state index in [9.17, 15) is 8.42 Å². The third-order valence-electron chi connectivity index (χ3n) is 5.09. The molecule has 4 aromatic carbocycles. The van der Waals surface area contributed by atoms with Crippen LogP contribution >= 0.6 is 0 Å². The van der Waals surface area contributed by atoms with Crippen LogP contribution in [0.4, 0.5) is 0 Å². The predicted molar refractivity (Wildman–Crippen MR) is 115 cm³/mol. The fraction of sp³-hybridized carbons (Fsp3) is 0.0417. The van der Waals surface area contributed by atoms with Gasteiger partial charge in [-0.05, 0) is 29.1 Å². The molecule has 0 saturated heterocycles. The van der Waals surface area contributed by atoms with Gasteiger partial charge >= 0.3 is 0 Å². The number of nitrogens with zero attached hydrogens (tertiary/aromatic N) is 2. The number of rotatable bonds is 4. The first kappa shape index (κ1) is 17.6. The summed E-state index contributed by atoms with van der Waals surface area (Å²) in [6, 6.07) is 30.3. The second-order valence-electron chi connectivity index (χ2n) is 6.95. The van der Waals surface area contributed by atoms with E-state index in [2.05, 4.69) is 5.10 Å². The highest BCUT2D eigenvalue weighted by Gasteiger charge is 2.26. The minimum absolute atomic E-state index is 0.0976. The Bertz CT molecular complexity index is 1430. The molecule has 142 valence electrons. The van der Waals surface area contributed by atoms with E-state index in [1.54, 1.807) is 16.8 Å². The lowest BCUT2D eigenvalue weighted by atomic mass is 10.1. The first-order chi connectivity index (χ1) is 14.1. The van der Waals surface area contributed by atoms with Gasteiger partial charge < -0.3 is 0 Å². The third kappa shape index (κ3) is 3.00. The van der Waals surface area contributed by atoms with Crippen molar-refractivity contribution in [2.45, 2.75) is 16.5 Å². The lowest BCUT2D eigenvalue weighted by Crippen LogP contribution is -2.07. The van der Waals surface area contributed by atoms with E-state index in [4.69, 9.17) is 0 Å². The zero-order valence-corrected chi connectivity index (χ0v) is 16.4. The molecule has 5 heteroatoms. The molecular weight excluding hydrogens is 380 g/mol. The molecule has 0 bridgehead atoms. The van der Waals surface area contributed by atoms with E-state index in [-0.39, 0.29) is 9.92 Å². The van der Waals surface area contributed by atoms with Crippen LogP contribution in [0.15, 0.2) is 107 Å². The van der Waals surface area contributed by atoms with Gasteiger partial charge in [0.15, 0.2) is 5.03 Å². The maximum atomic E-state index is 13.7. The van der Waals surface area contributed by atoms with E-state index in [0.29, 0.717) is 17.3 Å². The van der Waals surface area contributed by atoms with E-state index in [1.165, 1.54) is 0 Å². The summed E-state index contributed by atoms with van der Waals surface area (Å²) >= 11 is 0. The normalized spacial score (nSPS) is 11.9. The fourth-order valence-electron chi connectivity index (χ4n) is 3.71. The summed E-state index contributed by atoms with van der Waals surface area (Å²) in [5.41, 5.74) is 1.87. The smallest absolute Gasteiger partial charge is 0.226 e. The maximum Gasteiger partial charge on any atom is 0.226 e. The molecule has 0 aliphatic carbocycles. The van der Waals surface area contributed by atoms with Crippen LogP contribution < -0.4 is 0 Å². The largest absolute Gasteiger partial charge is 0.259 e. The van der Waals surface area contributed by atoms with Gasteiger partial charge in [0.25, 0.3) is 0 Å². The first-order valence-electron chi connectivity index (χ1n) is 9.37. The summed E-state index contributed by atoms with van der Waals surface area (Å²) in [5.74, 6) is 0. The Morgan fingerprint density at radius 1 is 0.690 bits per heavy atom. The Morgan fingerprint density at radius 3 is 2.17 bits per heavy atom. The number of hydrogen-bond donors (Lipinski definition) is 0. The average Bonchev–Trinajstić information content (AvgIpc) is 3.13. The number of benzene rings is 4. The predicted octanol–water partition coefficient (Wildman–Crippen LogP) is 5.07. The van der Waals surface area contributed by atoms with Crippen molar-refractivity contribution < 1.29 is 8.42 Å². The van der Waals surface area contributed by atoms with Gasteiger partial charge in [0.05, 0.1) is 17.0 Å². The molecule has 0 aliphatic heterocycles. The molecule has 0 unspecified atom stereocenters. The van der Waals surface area contributed by atoms with E-state index < -0.39 is 9.84 Å². The minimum atomic E-state index is -3.80.